The molecule has 0 spiro atoms. The van der Waals surface area contributed by atoms with E-state index in [1.807, 2.05) is 6.92 Å². The second kappa shape index (κ2) is 8.69. The maximum absolute atomic E-state index is 12.4. The van der Waals surface area contributed by atoms with Crippen LogP contribution in [0.1, 0.15) is 27.6 Å². The highest BCUT2D eigenvalue weighted by Crippen LogP contribution is 2.20. The minimum absolute atomic E-state index is 0.106. The second-order valence-electron chi connectivity index (χ2n) is 4.88. The van der Waals surface area contributed by atoms with Crippen molar-refractivity contribution in [3.8, 4) is 5.75 Å². The molecule has 0 aromatic heterocycles. The highest BCUT2D eigenvalue weighted by atomic mass is 16.5. The van der Waals surface area contributed by atoms with Gasteiger partial charge in [0.2, 0.25) is 0 Å². The molecular weight excluding hydrogens is 310 g/mol. The van der Waals surface area contributed by atoms with Gasteiger partial charge in [0.15, 0.2) is 0 Å². The lowest BCUT2D eigenvalue weighted by atomic mass is 10.1. The number of carboxylic acids is 1. The van der Waals surface area contributed by atoms with Gasteiger partial charge in [0.25, 0.3) is 5.91 Å². The topological polar surface area (TPSA) is 84.9 Å². The molecular formula is C18H19NO5. The van der Waals surface area contributed by atoms with Gasteiger partial charge in [0, 0.05) is 12.3 Å². The molecule has 0 aliphatic rings. The first kappa shape index (κ1) is 17.5. The molecule has 126 valence electrons. The number of para-hydroxylation sites is 1. The molecule has 6 heteroatoms. The summed E-state index contributed by atoms with van der Waals surface area (Å²) >= 11 is 0. The van der Waals surface area contributed by atoms with E-state index in [0.29, 0.717) is 36.8 Å². The Labute approximate surface area is 140 Å². The van der Waals surface area contributed by atoms with E-state index in [1.165, 1.54) is 12.1 Å². The van der Waals surface area contributed by atoms with Crippen molar-refractivity contribution < 1.29 is 24.2 Å². The normalized spacial score (nSPS) is 10.2. The van der Waals surface area contributed by atoms with Crippen molar-refractivity contribution in [2.24, 2.45) is 0 Å². The summed E-state index contributed by atoms with van der Waals surface area (Å²) in [6, 6.07) is 12.9. The molecule has 24 heavy (non-hydrogen) atoms. The molecule has 2 N–H and O–H groups in total. The molecule has 0 atom stereocenters. The molecule has 0 unspecified atom stereocenters. The summed E-state index contributed by atoms with van der Waals surface area (Å²) < 4.78 is 10.8. The van der Waals surface area contributed by atoms with Gasteiger partial charge in [-0.25, -0.2) is 4.79 Å². The van der Waals surface area contributed by atoms with Crippen LogP contribution in [0.4, 0.5) is 5.69 Å². The van der Waals surface area contributed by atoms with Gasteiger partial charge >= 0.3 is 5.97 Å². The SMILES string of the molecule is CCOCCOc1ccccc1C(=O)Nc1cccc(C(=O)O)c1. The lowest BCUT2D eigenvalue weighted by Crippen LogP contribution is -2.15. The van der Waals surface area contributed by atoms with Crippen molar-refractivity contribution in [2.75, 3.05) is 25.1 Å². The first-order chi connectivity index (χ1) is 11.6. The molecule has 2 rings (SSSR count). The van der Waals surface area contributed by atoms with E-state index in [-0.39, 0.29) is 11.5 Å². The average Bonchev–Trinajstić information content (AvgIpc) is 2.59. The number of anilines is 1. The van der Waals surface area contributed by atoms with E-state index in [0.717, 1.165) is 0 Å². The summed E-state index contributed by atoms with van der Waals surface area (Å²) in [4.78, 5) is 23.4. The summed E-state index contributed by atoms with van der Waals surface area (Å²) in [5, 5.41) is 11.7. The molecule has 0 aliphatic carbocycles. The first-order valence-electron chi connectivity index (χ1n) is 7.56. The molecule has 6 nitrogen and oxygen atoms in total. The number of hydrogen-bond acceptors (Lipinski definition) is 4. The largest absolute Gasteiger partial charge is 0.490 e. The fourth-order valence-corrected chi connectivity index (χ4v) is 2.06. The van der Waals surface area contributed by atoms with Crippen molar-refractivity contribution in [1.29, 1.82) is 0 Å². The molecule has 0 saturated carbocycles. The minimum Gasteiger partial charge on any atom is -0.490 e. The van der Waals surface area contributed by atoms with Crippen molar-refractivity contribution in [1.82, 2.24) is 0 Å². The molecule has 0 bridgehead atoms. The third kappa shape index (κ3) is 4.82. The summed E-state index contributed by atoms with van der Waals surface area (Å²) in [7, 11) is 0. The van der Waals surface area contributed by atoms with E-state index in [2.05, 4.69) is 5.32 Å². The summed E-state index contributed by atoms with van der Waals surface area (Å²) in [6.45, 7) is 3.28. The van der Waals surface area contributed by atoms with Crippen LogP contribution in [0.25, 0.3) is 0 Å². The van der Waals surface area contributed by atoms with Gasteiger partial charge in [-0.3, -0.25) is 4.79 Å². The molecule has 2 aromatic rings. The summed E-state index contributed by atoms with van der Waals surface area (Å²) in [5.74, 6) is -0.973. The molecule has 0 saturated heterocycles. The molecule has 0 radical (unpaired) electrons. The highest BCUT2D eigenvalue weighted by molar-refractivity contribution is 6.06. The van der Waals surface area contributed by atoms with E-state index in [4.69, 9.17) is 14.6 Å². The van der Waals surface area contributed by atoms with Gasteiger partial charge in [0.1, 0.15) is 12.4 Å². The van der Waals surface area contributed by atoms with Crippen molar-refractivity contribution in [2.45, 2.75) is 6.92 Å². The summed E-state index contributed by atoms with van der Waals surface area (Å²) in [5.41, 5.74) is 0.882. The van der Waals surface area contributed by atoms with Crippen LogP contribution in [0.2, 0.25) is 0 Å². The first-order valence-corrected chi connectivity index (χ1v) is 7.56. The Morgan fingerprint density at radius 2 is 1.88 bits per heavy atom. The van der Waals surface area contributed by atoms with Crippen LogP contribution >= 0.6 is 0 Å². The zero-order valence-electron chi connectivity index (χ0n) is 13.3. The molecule has 0 fully saturated rings. The number of carbonyl (C=O) groups is 2. The maximum Gasteiger partial charge on any atom is 0.335 e. The third-order valence-electron chi connectivity index (χ3n) is 3.19. The number of hydrogen-bond donors (Lipinski definition) is 2. The fourth-order valence-electron chi connectivity index (χ4n) is 2.06. The Hall–Kier alpha value is -2.86. The second-order valence-corrected chi connectivity index (χ2v) is 4.88. The fraction of sp³-hybridized carbons (Fsp3) is 0.222. The van der Waals surface area contributed by atoms with Crippen LogP contribution in [-0.2, 0) is 4.74 Å². The van der Waals surface area contributed by atoms with Gasteiger partial charge in [-0.2, -0.15) is 0 Å². The monoisotopic (exact) mass is 329 g/mol. The van der Waals surface area contributed by atoms with Crippen LogP contribution in [0.3, 0.4) is 0 Å². The minimum atomic E-state index is -1.05. The third-order valence-corrected chi connectivity index (χ3v) is 3.19. The number of nitrogens with one attached hydrogen (secondary N) is 1. The number of aromatic carboxylic acids is 1. The van der Waals surface area contributed by atoms with Crippen molar-refractivity contribution in [3.63, 3.8) is 0 Å². The zero-order chi connectivity index (χ0) is 17.4. The lowest BCUT2D eigenvalue weighted by Gasteiger charge is -2.12. The Bertz CT molecular complexity index is 714. The van der Waals surface area contributed by atoms with Crippen LogP contribution in [0.5, 0.6) is 5.75 Å². The van der Waals surface area contributed by atoms with Gasteiger partial charge in [-0.1, -0.05) is 18.2 Å². The number of carboxylic acid groups (broad SMARTS) is 1. The molecule has 0 aliphatic heterocycles. The van der Waals surface area contributed by atoms with Crippen molar-refractivity contribution >= 4 is 17.6 Å². The van der Waals surface area contributed by atoms with Crippen LogP contribution in [-0.4, -0.2) is 36.8 Å². The van der Waals surface area contributed by atoms with E-state index >= 15 is 0 Å². The van der Waals surface area contributed by atoms with E-state index in [9.17, 15) is 9.59 Å². The Morgan fingerprint density at radius 1 is 1.08 bits per heavy atom. The zero-order valence-corrected chi connectivity index (χ0v) is 13.3. The Kier molecular flexibility index (Phi) is 6.33. The standard InChI is InChI=1S/C18H19NO5/c1-2-23-10-11-24-16-9-4-3-8-15(16)17(20)19-14-7-5-6-13(12-14)18(21)22/h3-9,12H,2,10-11H2,1H3,(H,19,20)(H,21,22). The van der Waals surface area contributed by atoms with E-state index < -0.39 is 5.97 Å². The Balaban J connectivity index is 2.09. The van der Waals surface area contributed by atoms with Gasteiger partial charge in [-0.15, -0.1) is 0 Å². The van der Waals surface area contributed by atoms with Gasteiger partial charge < -0.3 is 19.9 Å². The lowest BCUT2D eigenvalue weighted by molar-refractivity contribution is 0.0696. The van der Waals surface area contributed by atoms with Crippen LogP contribution in [0.15, 0.2) is 48.5 Å². The molecule has 1 amide bonds. The average molecular weight is 329 g/mol. The maximum atomic E-state index is 12.4. The smallest absolute Gasteiger partial charge is 0.335 e. The van der Waals surface area contributed by atoms with Gasteiger partial charge in [0.05, 0.1) is 17.7 Å². The quantitative estimate of drug-likeness (QED) is 0.727. The Morgan fingerprint density at radius 3 is 2.62 bits per heavy atom. The number of benzene rings is 2. The number of rotatable bonds is 8. The van der Waals surface area contributed by atoms with Crippen LogP contribution in [0, 0.1) is 0 Å². The van der Waals surface area contributed by atoms with Gasteiger partial charge in [-0.05, 0) is 37.3 Å². The number of amides is 1. The number of ether oxygens (including phenoxy) is 2. The number of carbonyl (C=O) groups excluding carboxylic acids is 1. The molecule has 0 heterocycles. The van der Waals surface area contributed by atoms with E-state index in [1.54, 1.807) is 36.4 Å². The molecule has 2 aromatic carbocycles. The predicted molar refractivity (Wildman–Crippen MR) is 89.8 cm³/mol. The van der Waals surface area contributed by atoms with Crippen LogP contribution < -0.4 is 10.1 Å². The van der Waals surface area contributed by atoms with Crippen molar-refractivity contribution in [3.05, 3.63) is 59.7 Å². The predicted octanol–water partition coefficient (Wildman–Crippen LogP) is 3.05. The summed E-state index contributed by atoms with van der Waals surface area (Å²) in [6.07, 6.45) is 0. The highest BCUT2D eigenvalue weighted by Gasteiger charge is 2.13.